The monoisotopic (exact) mass is 258 g/mol. The van der Waals surface area contributed by atoms with Crippen LogP contribution in [0.1, 0.15) is 47.5 Å². The van der Waals surface area contributed by atoms with Gasteiger partial charge in [0.15, 0.2) is 0 Å². The van der Waals surface area contributed by atoms with Gasteiger partial charge in [0.1, 0.15) is 6.04 Å². The molecule has 18 heavy (non-hydrogen) atoms. The Labute approximate surface area is 110 Å². The average Bonchev–Trinajstić information content (AvgIpc) is 2.26. The zero-order chi connectivity index (χ0) is 14.5. The topological polar surface area (TPSA) is 69.6 Å². The van der Waals surface area contributed by atoms with Crippen molar-refractivity contribution in [2.24, 2.45) is 5.92 Å². The molecule has 5 heteroatoms. The van der Waals surface area contributed by atoms with Crippen molar-refractivity contribution < 1.29 is 14.7 Å². The van der Waals surface area contributed by atoms with Crippen molar-refractivity contribution in [3.8, 4) is 0 Å². The average molecular weight is 258 g/mol. The molecular weight excluding hydrogens is 232 g/mol. The van der Waals surface area contributed by atoms with Gasteiger partial charge in [0, 0.05) is 12.6 Å². The molecule has 1 atom stereocenters. The Morgan fingerprint density at radius 2 is 1.83 bits per heavy atom. The van der Waals surface area contributed by atoms with Crippen LogP contribution in [0.25, 0.3) is 0 Å². The highest BCUT2D eigenvalue weighted by Gasteiger charge is 2.29. The number of carbonyl (C=O) groups excluding carboxylic acids is 1. The Morgan fingerprint density at radius 1 is 1.33 bits per heavy atom. The SMILES string of the molecule is CCC(C)(C)N(C)C(=O)N[C@H](CC(C)C)C(=O)O. The molecule has 0 fully saturated rings. The first-order valence-corrected chi connectivity index (χ1v) is 6.39. The van der Waals surface area contributed by atoms with Crippen molar-refractivity contribution in [3.63, 3.8) is 0 Å². The van der Waals surface area contributed by atoms with Crippen molar-refractivity contribution in [2.75, 3.05) is 7.05 Å². The standard InChI is InChI=1S/C13H26N2O3/c1-7-13(4,5)15(6)12(18)14-10(11(16)17)8-9(2)3/h9-10H,7-8H2,1-6H3,(H,14,18)(H,16,17)/t10-/m1/s1. The lowest BCUT2D eigenvalue weighted by Gasteiger charge is -2.35. The Bertz CT molecular complexity index is 301. The largest absolute Gasteiger partial charge is 0.480 e. The fraction of sp³-hybridized carbons (Fsp3) is 0.846. The maximum absolute atomic E-state index is 12.0. The van der Waals surface area contributed by atoms with Crippen LogP contribution in [0.2, 0.25) is 0 Å². The molecule has 0 heterocycles. The van der Waals surface area contributed by atoms with Gasteiger partial charge >= 0.3 is 12.0 Å². The van der Waals surface area contributed by atoms with E-state index in [1.165, 1.54) is 0 Å². The minimum atomic E-state index is -0.986. The predicted octanol–water partition coefficient (Wildman–Crippen LogP) is 2.32. The van der Waals surface area contributed by atoms with Crippen molar-refractivity contribution in [3.05, 3.63) is 0 Å². The number of rotatable bonds is 6. The molecule has 0 aromatic rings. The predicted molar refractivity (Wildman–Crippen MR) is 71.5 cm³/mol. The number of hydrogen-bond donors (Lipinski definition) is 2. The van der Waals surface area contributed by atoms with Gasteiger partial charge < -0.3 is 15.3 Å². The van der Waals surface area contributed by atoms with Crippen molar-refractivity contribution in [2.45, 2.75) is 59.0 Å². The summed E-state index contributed by atoms with van der Waals surface area (Å²) in [4.78, 5) is 24.6. The summed E-state index contributed by atoms with van der Waals surface area (Å²) in [5.74, 6) is -0.768. The van der Waals surface area contributed by atoms with Gasteiger partial charge in [-0.15, -0.1) is 0 Å². The molecule has 0 rings (SSSR count). The van der Waals surface area contributed by atoms with Crippen LogP contribution in [0.3, 0.4) is 0 Å². The van der Waals surface area contributed by atoms with Crippen LogP contribution in [0.5, 0.6) is 0 Å². The molecule has 0 saturated heterocycles. The highest BCUT2D eigenvalue weighted by molar-refractivity contribution is 5.82. The summed E-state index contributed by atoms with van der Waals surface area (Å²) in [5, 5.41) is 11.7. The third kappa shape index (κ3) is 4.94. The molecule has 2 N–H and O–H groups in total. The van der Waals surface area contributed by atoms with Crippen molar-refractivity contribution in [1.29, 1.82) is 0 Å². The number of carboxylic acid groups (broad SMARTS) is 1. The molecule has 2 amide bonds. The van der Waals surface area contributed by atoms with Crippen LogP contribution in [-0.2, 0) is 4.79 Å². The fourth-order valence-electron chi connectivity index (χ4n) is 1.45. The molecule has 0 aliphatic heterocycles. The van der Waals surface area contributed by atoms with E-state index in [0.717, 1.165) is 6.42 Å². The quantitative estimate of drug-likeness (QED) is 0.768. The van der Waals surface area contributed by atoms with Gasteiger partial charge in [-0.3, -0.25) is 0 Å². The van der Waals surface area contributed by atoms with Gasteiger partial charge in [-0.1, -0.05) is 20.8 Å². The summed E-state index contributed by atoms with van der Waals surface area (Å²) < 4.78 is 0. The normalized spacial score (nSPS) is 13.3. The minimum Gasteiger partial charge on any atom is -0.480 e. The van der Waals surface area contributed by atoms with E-state index in [0.29, 0.717) is 6.42 Å². The Hall–Kier alpha value is -1.26. The summed E-state index contributed by atoms with van der Waals surface area (Å²) >= 11 is 0. The van der Waals surface area contributed by atoms with Crippen LogP contribution < -0.4 is 5.32 Å². The molecule has 0 aromatic carbocycles. The molecule has 0 bridgehead atoms. The Kier molecular flexibility index (Phi) is 6.15. The maximum Gasteiger partial charge on any atom is 0.326 e. The summed E-state index contributed by atoms with van der Waals surface area (Å²) in [6, 6.07) is -1.16. The molecule has 106 valence electrons. The lowest BCUT2D eigenvalue weighted by Crippen LogP contribution is -2.53. The van der Waals surface area contributed by atoms with Crippen LogP contribution in [-0.4, -0.2) is 40.6 Å². The van der Waals surface area contributed by atoms with E-state index in [4.69, 9.17) is 5.11 Å². The molecule has 0 aliphatic carbocycles. The summed E-state index contributed by atoms with van der Waals surface area (Å²) in [6.07, 6.45) is 1.24. The third-order valence-corrected chi connectivity index (χ3v) is 3.38. The number of urea groups is 1. The van der Waals surface area contributed by atoms with Crippen LogP contribution in [0.15, 0.2) is 0 Å². The summed E-state index contributed by atoms with van der Waals surface area (Å²) in [6.45, 7) is 9.76. The van der Waals surface area contributed by atoms with Crippen molar-refractivity contribution >= 4 is 12.0 Å². The number of nitrogens with zero attached hydrogens (tertiary/aromatic N) is 1. The molecule has 0 aliphatic rings. The number of carboxylic acids is 1. The molecule has 0 unspecified atom stereocenters. The highest BCUT2D eigenvalue weighted by atomic mass is 16.4. The van der Waals surface area contributed by atoms with E-state index in [9.17, 15) is 9.59 Å². The number of nitrogens with one attached hydrogen (secondary N) is 1. The Morgan fingerprint density at radius 3 is 2.17 bits per heavy atom. The molecule has 0 aromatic heterocycles. The van der Waals surface area contributed by atoms with Gasteiger partial charge in [-0.2, -0.15) is 0 Å². The second kappa shape index (κ2) is 6.61. The van der Waals surface area contributed by atoms with Crippen molar-refractivity contribution in [1.82, 2.24) is 10.2 Å². The van der Waals surface area contributed by atoms with Gasteiger partial charge in [0.05, 0.1) is 0 Å². The first-order chi connectivity index (χ1) is 8.11. The smallest absolute Gasteiger partial charge is 0.326 e. The third-order valence-electron chi connectivity index (χ3n) is 3.38. The van der Waals surface area contributed by atoms with Gasteiger partial charge in [0.25, 0.3) is 0 Å². The van der Waals surface area contributed by atoms with Gasteiger partial charge in [-0.05, 0) is 32.6 Å². The van der Waals surface area contributed by atoms with E-state index in [1.54, 1.807) is 11.9 Å². The van der Waals surface area contributed by atoms with Gasteiger partial charge in [0.2, 0.25) is 0 Å². The number of carbonyl (C=O) groups is 2. The highest BCUT2D eigenvalue weighted by Crippen LogP contribution is 2.16. The van der Waals surface area contributed by atoms with E-state index >= 15 is 0 Å². The first kappa shape index (κ1) is 16.7. The molecule has 0 radical (unpaired) electrons. The second-order valence-corrected chi connectivity index (χ2v) is 5.69. The minimum absolute atomic E-state index is 0.218. The van der Waals surface area contributed by atoms with Crippen LogP contribution in [0, 0.1) is 5.92 Å². The van der Waals surface area contributed by atoms with Gasteiger partial charge in [-0.25, -0.2) is 9.59 Å². The fourth-order valence-corrected chi connectivity index (χ4v) is 1.45. The molecule has 0 saturated carbocycles. The zero-order valence-corrected chi connectivity index (χ0v) is 12.3. The zero-order valence-electron chi connectivity index (χ0n) is 12.3. The van der Waals surface area contributed by atoms with E-state index in [-0.39, 0.29) is 17.5 Å². The van der Waals surface area contributed by atoms with E-state index < -0.39 is 12.0 Å². The summed E-state index contributed by atoms with van der Waals surface area (Å²) in [7, 11) is 1.69. The van der Waals surface area contributed by atoms with Crippen LogP contribution >= 0.6 is 0 Å². The maximum atomic E-state index is 12.0. The number of amides is 2. The first-order valence-electron chi connectivity index (χ1n) is 6.39. The van der Waals surface area contributed by atoms with E-state index in [2.05, 4.69) is 5.32 Å². The lowest BCUT2D eigenvalue weighted by molar-refractivity contribution is -0.139. The molecular formula is C13H26N2O3. The Balaban J connectivity index is 4.65. The van der Waals surface area contributed by atoms with E-state index in [1.807, 2.05) is 34.6 Å². The summed E-state index contributed by atoms with van der Waals surface area (Å²) in [5.41, 5.74) is -0.287. The molecule has 5 nitrogen and oxygen atoms in total. The van der Waals surface area contributed by atoms with Crippen LogP contribution in [0.4, 0.5) is 4.79 Å². The second-order valence-electron chi connectivity index (χ2n) is 5.69. The number of hydrogen-bond acceptors (Lipinski definition) is 2. The lowest BCUT2D eigenvalue weighted by atomic mass is 10.0. The number of aliphatic carboxylic acids is 1. The molecule has 0 spiro atoms.